The largest absolute Gasteiger partial charge is 0.313 e. The summed E-state index contributed by atoms with van der Waals surface area (Å²) < 4.78 is 0. The van der Waals surface area contributed by atoms with Gasteiger partial charge < -0.3 is 5.32 Å². The Morgan fingerprint density at radius 1 is 1.20 bits per heavy atom. The second-order valence-corrected chi connectivity index (χ2v) is 7.25. The van der Waals surface area contributed by atoms with Crippen molar-refractivity contribution in [3.63, 3.8) is 0 Å². The van der Waals surface area contributed by atoms with E-state index < -0.39 is 0 Å². The van der Waals surface area contributed by atoms with Crippen LogP contribution >= 0.6 is 23.2 Å². The van der Waals surface area contributed by atoms with Crippen LogP contribution in [-0.2, 0) is 6.42 Å². The van der Waals surface area contributed by atoms with E-state index in [0.717, 1.165) is 35.7 Å². The molecule has 3 atom stereocenters. The molecule has 1 N–H and O–H groups in total. The van der Waals surface area contributed by atoms with E-state index in [1.165, 1.54) is 31.2 Å². The van der Waals surface area contributed by atoms with Gasteiger partial charge in [0, 0.05) is 6.04 Å². The summed E-state index contributed by atoms with van der Waals surface area (Å²) in [5.41, 5.74) is 1.19. The lowest BCUT2D eigenvalue weighted by Crippen LogP contribution is -2.38. The van der Waals surface area contributed by atoms with Crippen molar-refractivity contribution >= 4 is 23.2 Å². The first-order chi connectivity index (χ1) is 9.69. The molecule has 1 nitrogen and oxygen atoms in total. The number of hydrogen-bond donors (Lipinski definition) is 1. The van der Waals surface area contributed by atoms with Crippen molar-refractivity contribution in [2.45, 2.75) is 45.1 Å². The molecule has 0 saturated heterocycles. The highest BCUT2D eigenvalue weighted by molar-refractivity contribution is 6.42. The molecule has 3 rings (SSSR count). The fraction of sp³-hybridized carbons (Fsp3) is 0.647. The van der Waals surface area contributed by atoms with E-state index in [-0.39, 0.29) is 0 Å². The summed E-state index contributed by atoms with van der Waals surface area (Å²) in [6.45, 7) is 3.32. The lowest BCUT2D eigenvalue weighted by molar-refractivity contribution is 0.332. The van der Waals surface area contributed by atoms with Crippen LogP contribution in [0.2, 0.25) is 10.0 Å². The molecular weight excluding hydrogens is 289 g/mol. The van der Waals surface area contributed by atoms with Crippen LogP contribution in [0.15, 0.2) is 18.2 Å². The van der Waals surface area contributed by atoms with Crippen LogP contribution in [0.5, 0.6) is 0 Å². The normalized spacial score (nSPS) is 29.2. The second-order valence-electron chi connectivity index (χ2n) is 6.47. The lowest BCUT2D eigenvalue weighted by Gasteiger charge is -2.26. The van der Waals surface area contributed by atoms with Gasteiger partial charge in [-0.3, -0.25) is 0 Å². The highest BCUT2D eigenvalue weighted by Gasteiger charge is 2.47. The van der Waals surface area contributed by atoms with E-state index in [1.54, 1.807) is 0 Å². The van der Waals surface area contributed by atoms with Crippen molar-refractivity contribution < 1.29 is 0 Å². The van der Waals surface area contributed by atoms with Crippen LogP contribution in [0.1, 0.15) is 38.2 Å². The Hall–Kier alpha value is -0.240. The Morgan fingerprint density at radius 2 is 1.95 bits per heavy atom. The van der Waals surface area contributed by atoms with Gasteiger partial charge in [0.05, 0.1) is 10.0 Å². The maximum absolute atomic E-state index is 6.36. The summed E-state index contributed by atoms with van der Waals surface area (Å²) in [6, 6.07) is 6.54. The number of benzene rings is 1. The van der Waals surface area contributed by atoms with E-state index in [2.05, 4.69) is 18.3 Å². The minimum absolute atomic E-state index is 0.554. The van der Waals surface area contributed by atoms with E-state index in [4.69, 9.17) is 23.2 Å². The van der Waals surface area contributed by atoms with Gasteiger partial charge in [-0.2, -0.15) is 0 Å². The summed E-state index contributed by atoms with van der Waals surface area (Å²) in [6.07, 6.45) is 6.48. The maximum Gasteiger partial charge on any atom is 0.0624 e. The zero-order valence-corrected chi connectivity index (χ0v) is 13.6. The molecule has 0 aromatic heterocycles. The van der Waals surface area contributed by atoms with Gasteiger partial charge >= 0.3 is 0 Å². The molecular formula is C17H23Cl2N. The molecule has 0 amide bonds. The fourth-order valence-electron chi connectivity index (χ4n) is 3.77. The summed E-state index contributed by atoms with van der Waals surface area (Å²) in [4.78, 5) is 0. The van der Waals surface area contributed by atoms with E-state index >= 15 is 0 Å². The zero-order chi connectivity index (χ0) is 14.1. The molecule has 20 heavy (non-hydrogen) atoms. The van der Waals surface area contributed by atoms with Crippen LogP contribution < -0.4 is 5.32 Å². The molecule has 2 aliphatic rings. The summed E-state index contributed by atoms with van der Waals surface area (Å²) >= 11 is 12.5. The first kappa shape index (κ1) is 14.7. The van der Waals surface area contributed by atoms with Gasteiger partial charge in [-0.05, 0) is 68.0 Å². The average Bonchev–Trinajstić information content (AvgIpc) is 3.06. The Bertz CT molecular complexity index is 464. The summed E-state index contributed by atoms with van der Waals surface area (Å²) in [5.74, 6) is 2.88. The van der Waals surface area contributed by atoms with Gasteiger partial charge in [0.25, 0.3) is 0 Å². The molecule has 0 radical (unpaired) electrons. The van der Waals surface area contributed by atoms with Crippen LogP contribution in [0.25, 0.3) is 0 Å². The van der Waals surface area contributed by atoms with E-state index in [1.807, 2.05) is 12.1 Å². The lowest BCUT2D eigenvalue weighted by atomic mass is 9.89. The molecule has 3 heteroatoms. The first-order valence-electron chi connectivity index (χ1n) is 7.85. The smallest absolute Gasteiger partial charge is 0.0624 e. The zero-order valence-electron chi connectivity index (χ0n) is 12.0. The first-order valence-corrected chi connectivity index (χ1v) is 8.61. The van der Waals surface area contributed by atoms with Crippen molar-refractivity contribution in [3.05, 3.63) is 33.8 Å². The minimum Gasteiger partial charge on any atom is -0.313 e. The van der Waals surface area contributed by atoms with Crippen molar-refractivity contribution in [1.29, 1.82) is 0 Å². The molecule has 2 fully saturated rings. The molecule has 2 saturated carbocycles. The average molecular weight is 312 g/mol. The van der Waals surface area contributed by atoms with Crippen molar-refractivity contribution in [1.82, 2.24) is 5.32 Å². The third kappa shape index (κ3) is 3.16. The van der Waals surface area contributed by atoms with Crippen LogP contribution in [0.4, 0.5) is 0 Å². The number of hydrogen-bond acceptors (Lipinski definition) is 1. The monoisotopic (exact) mass is 311 g/mol. The topological polar surface area (TPSA) is 12.0 Å². The van der Waals surface area contributed by atoms with Gasteiger partial charge in [-0.1, -0.05) is 42.3 Å². The molecule has 110 valence electrons. The Morgan fingerprint density at radius 3 is 2.65 bits per heavy atom. The van der Waals surface area contributed by atoms with Crippen molar-refractivity contribution in [2.24, 2.45) is 17.8 Å². The van der Waals surface area contributed by atoms with Crippen molar-refractivity contribution in [2.75, 3.05) is 6.54 Å². The third-order valence-corrected chi connectivity index (χ3v) is 5.84. The van der Waals surface area contributed by atoms with Crippen LogP contribution in [0.3, 0.4) is 0 Å². The highest BCUT2D eigenvalue weighted by Crippen LogP contribution is 2.55. The van der Waals surface area contributed by atoms with Crippen LogP contribution in [-0.4, -0.2) is 12.6 Å². The SMILES string of the molecule is CCCNC(Cc1cccc(Cl)c1Cl)C1CC2CC2C1. The summed E-state index contributed by atoms with van der Waals surface area (Å²) in [7, 11) is 0. The number of nitrogens with one attached hydrogen (secondary N) is 1. The predicted octanol–water partition coefficient (Wildman–Crippen LogP) is 4.95. The Kier molecular flexibility index (Phi) is 4.59. The number of rotatable bonds is 6. The fourth-order valence-corrected chi connectivity index (χ4v) is 4.17. The minimum atomic E-state index is 0.554. The highest BCUT2D eigenvalue weighted by atomic mass is 35.5. The molecule has 1 aromatic rings. The van der Waals surface area contributed by atoms with Gasteiger partial charge in [0.2, 0.25) is 0 Å². The molecule has 0 aliphatic heterocycles. The van der Waals surface area contributed by atoms with Gasteiger partial charge in [-0.25, -0.2) is 0 Å². The molecule has 0 bridgehead atoms. The summed E-state index contributed by atoms with van der Waals surface area (Å²) in [5, 5.41) is 5.16. The predicted molar refractivity (Wildman–Crippen MR) is 86.6 cm³/mol. The molecule has 3 unspecified atom stereocenters. The standard InChI is InChI=1S/C17H23Cl2N/c1-2-6-20-16(14-8-12-7-13(12)9-14)10-11-4-3-5-15(18)17(11)19/h3-5,12-14,16,20H,2,6-10H2,1H3. The number of halogens is 2. The Balaban J connectivity index is 1.70. The quantitative estimate of drug-likeness (QED) is 0.783. The van der Waals surface area contributed by atoms with Crippen LogP contribution in [0, 0.1) is 17.8 Å². The molecule has 0 spiro atoms. The van der Waals surface area contributed by atoms with E-state index in [9.17, 15) is 0 Å². The second kappa shape index (κ2) is 6.25. The van der Waals surface area contributed by atoms with Gasteiger partial charge in [-0.15, -0.1) is 0 Å². The van der Waals surface area contributed by atoms with E-state index in [0.29, 0.717) is 11.1 Å². The van der Waals surface area contributed by atoms with Gasteiger partial charge in [0.1, 0.15) is 0 Å². The van der Waals surface area contributed by atoms with Gasteiger partial charge in [0.15, 0.2) is 0 Å². The third-order valence-electron chi connectivity index (χ3n) is 4.98. The molecule has 1 aromatic carbocycles. The Labute approximate surface area is 132 Å². The molecule has 2 aliphatic carbocycles. The van der Waals surface area contributed by atoms with Crippen molar-refractivity contribution in [3.8, 4) is 0 Å². The molecule has 0 heterocycles. The number of fused-ring (bicyclic) bond motifs is 1. The maximum atomic E-state index is 6.36.